The van der Waals surface area contributed by atoms with Gasteiger partial charge >= 0.3 is 5.97 Å². The fourth-order valence-electron chi connectivity index (χ4n) is 2.94. The van der Waals surface area contributed by atoms with Crippen LogP contribution in [0.5, 0.6) is 0 Å². The third kappa shape index (κ3) is 8.88. The predicted octanol–water partition coefficient (Wildman–Crippen LogP) is 3.76. The van der Waals surface area contributed by atoms with Gasteiger partial charge in [0.25, 0.3) is 0 Å². The van der Waals surface area contributed by atoms with Crippen molar-refractivity contribution in [2.24, 2.45) is 0 Å². The molecule has 170 valence electrons. The van der Waals surface area contributed by atoms with Gasteiger partial charge in [0.15, 0.2) is 4.34 Å². The molecule has 1 aromatic heterocycles. The fourth-order valence-corrected chi connectivity index (χ4v) is 4.94. The molecule has 0 radical (unpaired) electrons. The molecule has 0 spiro atoms. The summed E-state index contributed by atoms with van der Waals surface area (Å²) in [4.78, 5) is 29.3. The smallest absolute Gasteiger partial charge is 0.309 e. The molecule has 1 aromatic carbocycles. The number of benzene rings is 1. The predicted molar refractivity (Wildman–Crippen MR) is 129 cm³/mol. The maximum atomic E-state index is 12.1. The number of nitrogens with one attached hydrogen (secondary N) is 1. The van der Waals surface area contributed by atoms with Crippen molar-refractivity contribution >= 4 is 75.2 Å². The Morgan fingerprint density at radius 3 is 2.90 bits per heavy atom. The van der Waals surface area contributed by atoms with E-state index in [-0.39, 0.29) is 41.2 Å². The summed E-state index contributed by atoms with van der Waals surface area (Å²) in [6.45, 7) is 3.28. The van der Waals surface area contributed by atoms with E-state index in [4.69, 9.17) is 33.0 Å². The second-order valence-electron chi connectivity index (χ2n) is 6.74. The van der Waals surface area contributed by atoms with Gasteiger partial charge in [-0.1, -0.05) is 41.0 Å². The summed E-state index contributed by atoms with van der Waals surface area (Å²) in [6, 6.07) is 5.62. The van der Waals surface area contributed by atoms with E-state index in [1.54, 1.807) is 11.4 Å². The van der Waals surface area contributed by atoms with Crippen molar-refractivity contribution < 1.29 is 19.4 Å². The number of morpholine rings is 1. The molecular formula is C19H22BrCl2N3O4S2. The molecular weight excluding hydrogens is 549 g/mol. The molecule has 31 heavy (non-hydrogen) atoms. The van der Waals surface area contributed by atoms with Crippen LogP contribution in [0.25, 0.3) is 0 Å². The molecule has 0 saturated carbocycles. The summed E-state index contributed by atoms with van der Waals surface area (Å²) in [7, 11) is 0. The number of carbonyl (C=O) groups is 2. The number of thioether (sulfide) groups is 1. The summed E-state index contributed by atoms with van der Waals surface area (Å²) < 4.78 is 6.45. The second kappa shape index (κ2) is 13.0. The molecule has 0 aliphatic carbocycles. The number of hydrogen-bond acceptors (Lipinski definition) is 7. The average molecular weight is 571 g/mol. The molecule has 1 aliphatic heterocycles. The monoisotopic (exact) mass is 569 g/mol. The number of rotatable bonds is 9. The van der Waals surface area contributed by atoms with Gasteiger partial charge in [-0.05, 0) is 17.7 Å². The first-order valence-corrected chi connectivity index (χ1v) is 11.8. The van der Waals surface area contributed by atoms with Gasteiger partial charge in [-0.2, -0.15) is 0 Å². The van der Waals surface area contributed by atoms with Crippen LogP contribution in [-0.2, 0) is 27.3 Å². The Hall–Kier alpha value is -0.880. The van der Waals surface area contributed by atoms with E-state index in [1.807, 2.05) is 12.1 Å². The zero-order chi connectivity index (χ0) is 21.5. The van der Waals surface area contributed by atoms with Crippen molar-refractivity contribution in [1.82, 2.24) is 15.2 Å². The Labute approximate surface area is 209 Å². The maximum Gasteiger partial charge on any atom is 0.309 e. The lowest BCUT2D eigenvalue weighted by Crippen LogP contribution is -2.47. The molecule has 3 rings (SSSR count). The largest absolute Gasteiger partial charge is 0.481 e. The summed E-state index contributed by atoms with van der Waals surface area (Å²) >= 11 is 14.7. The number of ether oxygens (including phenoxy) is 1. The highest BCUT2D eigenvalue weighted by Crippen LogP contribution is 2.24. The molecule has 0 bridgehead atoms. The Morgan fingerprint density at radius 2 is 2.16 bits per heavy atom. The van der Waals surface area contributed by atoms with Crippen LogP contribution in [-0.4, -0.2) is 65.0 Å². The first kappa shape index (κ1) is 26.4. The van der Waals surface area contributed by atoms with Gasteiger partial charge in [0.05, 0.1) is 40.6 Å². The Morgan fingerprint density at radius 1 is 1.35 bits per heavy atom. The second-order valence-corrected chi connectivity index (χ2v) is 9.64. The summed E-state index contributed by atoms with van der Waals surface area (Å²) in [6.07, 6.45) is -0.196. The van der Waals surface area contributed by atoms with E-state index in [9.17, 15) is 9.59 Å². The molecule has 2 N–H and O–H groups in total. The highest BCUT2D eigenvalue weighted by atomic mass is 79.9. The highest BCUT2D eigenvalue weighted by Gasteiger charge is 2.21. The van der Waals surface area contributed by atoms with Crippen molar-refractivity contribution in [3.63, 3.8) is 0 Å². The molecule has 1 atom stereocenters. The van der Waals surface area contributed by atoms with E-state index in [0.29, 0.717) is 39.8 Å². The van der Waals surface area contributed by atoms with Gasteiger partial charge in [-0.15, -0.1) is 28.3 Å². The third-order valence-corrected chi connectivity index (χ3v) is 7.14. The lowest BCUT2D eigenvalue weighted by molar-refractivity contribution is -0.136. The van der Waals surface area contributed by atoms with Crippen LogP contribution in [0.1, 0.15) is 11.3 Å². The molecule has 12 heteroatoms. The highest BCUT2D eigenvalue weighted by molar-refractivity contribution is 8.93. The quantitative estimate of drug-likeness (QED) is 0.443. The Bertz CT molecular complexity index is 903. The van der Waals surface area contributed by atoms with E-state index >= 15 is 0 Å². The number of halogens is 3. The third-order valence-electron chi connectivity index (χ3n) is 4.33. The number of carboxylic acids is 1. The van der Waals surface area contributed by atoms with Gasteiger partial charge in [0.1, 0.15) is 0 Å². The Balaban J connectivity index is 0.00000341. The van der Waals surface area contributed by atoms with Crippen LogP contribution in [0.3, 0.4) is 0 Å². The number of aromatic nitrogens is 1. The molecule has 1 aliphatic rings. The van der Waals surface area contributed by atoms with Crippen molar-refractivity contribution in [2.45, 2.75) is 23.4 Å². The van der Waals surface area contributed by atoms with Gasteiger partial charge in [-0.3, -0.25) is 14.5 Å². The lowest BCUT2D eigenvalue weighted by Gasteiger charge is -2.33. The molecule has 0 unspecified atom stereocenters. The normalized spacial score (nSPS) is 16.5. The minimum Gasteiger partial charge on any atom is -0.481 e. The zero-order valence-corrected chi connectivity index (χ0v) is 21.2. The summed E-state index contributed by atoms with van der Waals surface area (Å²) in [5.74, 6) is -0.810. The zero-order valence-electron chi connectivity index (χ0n) is 16.4. The van der Waals surface area contributed by atoms with Crippen LogP contribution >= 0.6 is 63.3 Å². The number of amides is 1. The van der Waals surface area contributed by atoms with Crippen LogP contribution in [0.2, 0.25) is 10.0 Å². The first-order valence-electron chi connectivity index (χ1n) is 9.22. The van der Waals surface area contributed by atoms with E-state index in [0.717, 1.165) is 18.7 Å². The number of thiazole rings is 1. The SMILES string of the molecule is Br.O=C(O)Cc1csc(SCC(=O)NC[C@H]2CN(Cc3ccc(Cl)c(Cl)c3)CCO2)n1. The van der Waals surface area contributed by atoms with Gasteiger partial charge in [0.2, 0.25) is 5.91 Å². The number of aliphatic carboxylic acids is 1. The molecule has 1 saturated heterocycles. The molecule has 1 fully saturated rings. The lowest BCUT2D eigenvalue weighted by atomic mass is 10.2. The molecule has 2 heterocycles. The summed E-state index contributed by atoms with van der Waals surface area (Å²) in [5, 5.41) is 14.5. The standard InChI is InChI=1S/C19H21Cl2N3O4S2.BrH/c20-15-2-1-12(5-16(15)21)8-24-3-4-28-14(9-24)7-22-17(25)11-30-19-23-13(10-29-19)6-18(26)27;/h1-2,5,10,14H,3-4,6-9,11H2,(H,22,25)(H,26,27);1H/t14-;/m0./s1. The topological polar surface area (TPSA) is 91.8 Å². The van der Waals surface area contributed by atoms with E-state index < -0.39 is 5.97 Å². The van der Waals surface area contributed by atoms with Gasteiger partial charge in [0, 0.05) is 31.6 Å². The van der Waals surface area contributed by atoms with Gasteiger partial charge < -0.3 is 15.2 Å². The minimum atomic E-state index is -0.921. The molecule has 7 nitrogen and oxygen atoms in total. The van der Waals surface area contributed by atoms with Crippen LogP contribution in [0.4, 0.5) is 0 Å². The number of carbonyl (C=O) groups excluding carboxylic acids is 1. The fraction of sp³-hybridized carbons (Fsp3) is 0.421. The van der Waals surface area contributed by atoms with Crippen LogP contribution < -0.4 is 5.32 Å². The maximum absolute atomic E-state index is 12.1. The van der Waals surface area contributed by atoms with E-state index in [2.05, 4.69) is 15.2 Å². The average Bonchev–Trinajstić information content (AvgIpc) is 3.14. The number of nitrogens with zero attached hydrogens (tertiary/aromatic N) is 2. The number of hydrogen-bond donors (Lipinski definition) is 2. The van der Waals surface area contributed by atoms with Crippen molar-refractivity contribution in [3.8, 4) is 0 Å². The van der Waals surface area contributed by atoms with Crippen LogP contribution in [0, 0.1) is 0 Å². The summed E-state index contributed by atoms with van der Waals surface area (Å²) in [5.41, 5.74) is 1.59. The van der Waals surface area contributed by atoms with Crippen molar-refractivity contribution in [1.29, 1.82) is 0 Å². The van der Waals surface area contributed by atoms with Crippen molar-refractivity contribution in [2.75, 3.05) is 32.0 Å². The Kier molecular flexibility index (Phi) is 11.0. The minimum absolute atomic E-state index is 0. The molecule has 2 aromatic rings. The van der Waals surface area contributed by atoms with Crippen molar-refractivity contribution in [3.05, 3.63) is 44.9 Å². The van der Waals surface area contributed by atoms with E-state index in [1.165, 1.54) is 23.1 Å². The number of carboxylic acid groups (broad SMARTS) is 1. The first-order chi connectivity index (χ1) is 14.4. The van der Waals surface area contributed by atoms with Crippen LogP contribution in [0.15, 0.2) is 27.9 Å². The molecule has 1 amide bonds. The van der Waals surface area contributed by atoms with Gasteiger partial charge in [-0.25, -0.2) is 4.98 Å².